The van der Waals surface area contributed by atoms with Crippen LogP contribution in [0.25, 0.3) is 5.69 Å². The molecule has 0 radical (unpaired) electrons. The number of aromatic nitrogens is 4. The molecule has 3 aromatic carbocycles. The molecule has 9 heteroatoms. The standard InChI is InChI=1S/C24H23N5O3S/c1-31-20-13-12-17(14-21(20)32-2)15-25-24(30)19-10-6-7-11-22(19)33-16-23-26-27-28-29(23)18-8-4-3-5-9-18/h3-14H,15-16H2,1-2H3,(H,25,30). The van der Waals surface area contributed by atoms with Crippen LogP contribution in [-0.2, 0) is 12.3 Å². The molecule has 1 aromatic heterocycles. The predicted molar refractivity (Wildman–Crippen MR) is 126 cm³/mol. The van der Waals surface area contributed by atoms with Crippen LogP contribution < -0.4 is 14.8 Å². The van der Waals surface area contributed by atoms with E-state index in [9.17, 15) is 4.79 Å². The summed E-state index contributed by atoms with van der Waals surface area (Å²) in [5.74, 6) is 2.33. The number of thioether (sulfide) groups is 1. The van der Waals surface area contributed by atoms with Gasteiger partial charge in [0.25, 0.3) is 5.91 Å². The van der Waals surface area contributed by atoms with Gasteiger partial charge >= 0.3 is 0 Å². The van der Waals surface area contributed by atoms with Gasteiger partial charge in [0, 0.05) is 11.4 Å². The monoisotopic (exact) mass is 461 g/mol. The molecule has 1 N–H and O–H groups in total. The second kappa shape index (κ2) is 10.6. The lowest BCUT2D eigenvalue weighted by atomic mass is 10.1. The van der Waals surface area contributed by atoms with Gasteiger partial charge in [-0.3, -0.25) is 4.79 Å². The van der Waals surface area contributed by atoms with E-state index in [2.05, 4.69) is 20.8 Å². The van der Waals surface area contributed by atoms with Gasteiger partial charge in [0.15, 0.2) is 17.3 Å². The highest BCUT2D eigenvalue weighted by atomic mass is 32.2. The van der Waals surface area contributed by atoms with Crippen LogP contribution in [0.4, 0.5) is 0 Å². The number of ether oxygens (including phenoxy) is 2. The molecule has 0 aliphatic carbocycles. The molecule has 1 amide bonds. The Morgan fingerprint density at radius 3 is 2.52 bits per heavy atom. The molecule has 0 spiro atoms. The summed E-state index contributed by atoms with van der Waals surface area (Å²) in [4.78, 5) is 13.8. The van der Waals surface area contributed by atoms with Crippen molar-refractivity contribution in [2.75, 3.05) is 14.2 Å². The molecule has 0 bridgehead atoms. The summed E-state index contributed by atoms with van der Waals surface area (Å²) < 4.78 is 12.3. The average Bonchev–Trinajstić information content (AvgIpc) is 3.35. The van der Waals surface area contributed by atoms with E-state index in [1.165, 1.54) is 11.8 Å². The molecule has 0 saturated carbocycles. The predicted octanol–water partition coefficient (Wildman–Crippen LogP) is 3.90. The Morgan fingerprint density at radius 2 is 1.73 bits per heavy atom. The number of amides is 1. The van der Waals surface area contributed by atoms with Crippen molar-refractivity contribution < 1.29 is 14.3 Å². The maximum atomic E-state index is 12.9. The fourth-order valence-corrected chi connectivity index (χ4v) is 4.21. The molecule has 0 atom stereocenters. The highest BCUT2D eigenvalue weighted by Crippen LogP contribution is 2.28. The second-order valence-electron chi connectivity index (χ2n) is 7.00. The third-order valence-corrected chi connectivity index (χ3v) is 5.99. The molecule has 1 heterocycles. The van der Waals surface area contributed by atoms with Crippen molar-refractivity contribution in [1.82, 2.24) is 25.5 Å². The highest BCUT2D eigenvalue weighted by molar-refractivity contribution is 7.98. The SMILES string of the molecule is COc1ccc(CNC(=O)c2ccccc2SCc2nnnn2-c2ccccc2)cc1OC. The van der Waals surface area contributed by atoms with Gasteiger partial charge in [-0.05, 0) is 52.4 Å². The maximum absolute atomic E-state index is 12.9. The zero-order valence-electron chi connectivity index (χ0n) is 18.3. The van der Waals surface area contributed by atoms with Gasteiger partial charge in [0.2, 0.25) is 0 Å². The molecule has 0 unspecified atom stereocenters. The van der Waals surface area contributed by atoms with E-state index in [1.54, 1.807) is 18.9 Å². The largest absolute Gasteiger partial charge is 0.493 e. The summed E-state index contributed by atoms with van der Waals surface area (Å²) in [5.41, 5.74) is 2.40. The molecule has 0 aliphatic heterocycles. The van der Waals surface area contributed by atoms with Crippen LogP contribution in [0.5, 0.6) is 11.5 Å². The maximum Gasteiger partial charge on any atom is 0.252 e. The molecule has 33 heavy (non-hydrogen) atoms. The van der Waals surface area contributed by atoms with Crippen LogP contribution in [-0.4, -0.2) is 40.3 Å². The van der Waals surface area contributed by atoms with Gasteiger partial charge in [-0.1, -0.05) is 36.4 Å². The fourth-order valence-electron chi connectivity index (χ4n) is 3.26. The highest BCUT2D eigenvalue weighted by Gasteiger charge is 2.14. The number of hydrogen-bond acceptors (Lipinski definition) is 7. The Morgan fingerprint density at radius 1 is 0.970 bits per heavy atom. The normalized spacial score (nSPS) is 10.6. The summed E-state index contributed by atoms with van der Waals surface area (Å²) in [6.07, 6.45) is 0. The summed E-state index contributed by atoms with van der Waals surface area (Å²) in [6.45, 7) is 0.366. The Bertz CT molecular complexity index is 1230. The third-order valence-electron chi connectivity index (χ3n) is 4.92. The van der Waals surface area contributed by atoms with E-state index < -0.39 is 0 Å². The molecular weight excluding hydrogens is 438 g/mol. The summed E-state index contributed by atoms with van der Waals surface area (Å²) in [6, 6.07) is 22.8. The van der Waals surface area contributed by atoms with Crippen LogP contribution in [0.15, 0.2) is 77.7 Å². The number of tetrazole rings is 1. The number of nitrogens with one attached hydrogen (secondary N) is 1. The number of carbonyl (C=O) groups is 1. The zero-order valence-corrected chi connectivity index (χ0v) is 19.1. The van der Waals surface area contributed by atoms with Crippen molar-refractivity contribution in [3.05, 3.63) is 89.7 Å². The average molecular weight is 462 g/mol. The Balaban J connectivity index is 1.44. The lowest BCUT2D eigenvalue weighted by Gasteiger charge is -2.12. The topological polar surface area (TPSA) is 91.2 Å². The second-order valence-corrected chi connectivity index (χ2v) is 8.02. The number of nitrogens with zero attached hydrogens (tertiary/aromatic N) is 4. The third kappa shape index (κ3) is 5.32. The Kier molecular flexibility index (Phi) is 7.21. The van der Waals surface area contributed by atoms with Crippen LogP contribution in [0.2, 0.25) is 0 Å². The molecular formula is C24H23N5O3S. The summed E-state index contributed by atoms with van der Waals surface area (Å²) >= 11 is 1.51. The van der Waals surface area contributed by atoms with Crippen molar-refractivity contribution in [2.45, 2.75) is 17.2 Å². The van der Waals surface area contributed by atoms with Crippen molar-refractivity contribution in [3.63, 3.8) is 0 Å². The quantitative estimate of drug-likeness (QED) is 0.378. The molecule has 0 saturated heterocycles. The first-order chi connectivity index (χ1) is 16.2. The number of carbonyl (C=O) groups excluding carboxylic acids is 1. The van der Waals surface area contributed by atoms with Crippen molar-refractivity contribution in [3.8, 4) is 17.2 Å². The van der Waals surface area contributed by atoms with E-state index in [0.29, 0.717) is 35.2 Å². The van der Waals surface area contributed by atoms with E-state index in [0.717, 1.165) is 16.1 Å². The molecule has 4 rings (SSSR count). The first-order valence-electron chi connectivity index (χ1n) is 10.2. The minimum atomic E-state index is -0.157. The molecule has 8 nitrogen and oxygen atoms in total. The van der Waals surface area contributed by atoms with Gasteiger partial charge < -0.3 is 14.8 Å². The van der Waals surface area contributed by atoms with Crippen LogP contribution >= 0.6 is 11.8 Å². The number of hydrogen-bond donors (Lipinski definition) is 1. The number of rotatable bonds is 9. The fraction of sp³-hybridized carbons (Fsp3) is 0.167. The van der Waals surface area contributed by atoms with Gasteiger partial charge in [-0.25, -0.2) is 0 Å². The van der Waals surface area contributed by atoms with Crippen LogP contribution in [0, 0.1) is 0 Å². The van der Waals surface area contributed by atoms with Gasteiger partial charge in [0.05, 0.1) is 31.2 Å². The molecule has 168 valence electrons. The lowest BCUT2D eigenvalue weighted by Crippen LogP contribution is -2.23. The first-order valence-corrected chi connectivity index (χ1v) is 11.2. The summed E-state index contributed by atoms with van der Waals surface area (Å²) in [7, 11) is 3.17. The van der Waals surface area contributed by atoms with Gasteiger partial charge in [0.1, 0.15) is 0 Å². The van der Waals surface area contributed by atoms with Crippen molar-refractivity contribution >= 4 is 17.7 Å². The van der Waals surface area contributed by atoms with E-state index >= 15 is 0 Å². The Hall–Kier alpha value is -3.85. The number of methoxy groups -OCH3 is 2. The van der Waals surface area contributed by atoms with Gasteiger partial charge in [-0.2, -0.15) is 4.68 Å². The summed E-state index contributed by atoms with van der Waals surface area (Å²) in [5, 5.41) is 15.0. The number of para-hydroxylation sites is 1. The molecule has 0 aliphatic rings. The Labute approximate surface area is 195 Å². The molecule has 4 aromatic rings. The minimum Gasteiger partial charge on any atom is -0.493 e. The number of benzene rings is 3. The smallest absolute Gasteiger partial charge is 0.252 e. The van der Waals surface area contributed by atoms with Crippen LogP contribution in [0.1, 0.15) is 21.7 Å². The van der Waals surface area contributed by atoms with E-state index in [-0.39, 0.29) is 5.91 Å². The minimum absolute atomic E-state index is 0.157. The van der Waals surface area contributed by atoms with Crippen molar-refractivity contribution in [2.24, 2.45) is 0 Å². The van der Waals surface area contributed by atoms with Gasteiger partial charge in [-0.15, -0.1) is 16.9 Å². The van der Waals surface area contributed by atoms with E-state index in [1.807, 2.05) is 72.8 Å². The van der Waals surface area contributed by atoms with Crippen LogP contribution in [0.3, 0.4) is 0 Å². The lowest BCUT2D eigenvalue weighted by molar-refractivity contribution is 0.0948. The zero-order chi connectivity index (χ0) is 23.0. The first kappa shape index (κ1) is 22.3. The molecule has 0 fully saturated rings. The van der Waals surface area contributed by atoms with Crippen molar-refractivity contribution in [1.29, 1.82) is 0 Å². The van der Waals surface area contributed by atoms with E-state index in [4.69, 9.17) is 9.47 Å².